The third kappa shape index (κ3) is 6.87. The van der Waals surface area contributed by atoms with Crippen molar-refractivity contribution in [2.24, 2.45) is 5.41 Å². The van der Waals surface area contributed by atoms with Gasteiger partial charge >= 0.3 is 0 Å². The SMILES string of the molecule is CS(=O)Cc1cccc(C(=O)NCCCC(C)(C)CO)c1. The molecular formula is C16H25NO3S. The Hall–Kier alpha value is -1.20. The highest BCUT2D eigenvalue weighted by atomic mass is 32.2. The third-order valence-electron chi connectivity index (χ3n) is 3.30. The second-order valence-electron chi connectivity index (χ2n) is 6.10. The van der Waals surface area contributed by atoms with E-state index in [1.165, 1.54) is 0 Å². The van der Waals surface area contributed by atoms with Crippen molar-refractivity contribution < 1.29 is 14.1 Å². The van der Waals surface area contributed by atoms with Crippen molar-refractivity contribution in [1.29, 1.82) is 0 Å². The van der Waals surface area contributed by atoms with Gasteiger partial charge in [-0.3, -0.25) is 9.00 Å². The van der Waals surface area contributed by atoms with E-state index >= 15 is 0 Å². The van der Waals surface area contributed by atoms with Gasteiger partial charge in [-0.25, -0.2) is 0 Å². The summed E-state index contributed by atoms with van der Waals surface area (Å²) in [5, 5.41) is 12.1. The van der Waals surface area contributed by atoms with E-state index < -0.39 is 10.8 Å². The van der Waals surface area contributed by atoms with Crippen LogP contribution in [0.15, 0.2) is 24.3 Å². The van der Waals surface area contributed by atoms with Gasteiger partial charge < -0.3 is 10.4 Å². The summed E-state index contributed by atoms with van der Waals surface area (Å²) >= 11 is 0. The Bertz CT molecular complexity index is 500. The van der Waals surface area contributed by atoms with Crippen molar-refractivity contribution >= 4 is 16.7 Å². The number of carbonyl (C=O) groups excluding carboxylic acids is 1. The van der Waals surface area contributed by atoms with Crippen molar-refractivity contribution in [3.8, 4) is 0 Å². The van der Waals surface area contributed by atoms with Gasteiger partial charge in [0.1, 0.15) is 0 Å². The summed E-state index contributed by atoms with van der Waals surface area (Å²) in [6, 6.07) is 7.23. The van der Waals surface area contributed by atoms with Gasteiger partial charge in [-0.2, -0.15) is 0 Å². The van der Waals surface area contributed by atoms with Crippen LogP contribution in [0.25, 0.3) is 0 Å². The first-order chi connectivity index (χ1) is 9.84. The fraction of sp³-hybridized carbons (Fsp3) is 0.562. The van der Waals surface area contributed by atoms with Crippen LogP contribution >= 0.6 is 0 Å². The highest BCUT2D eigenvalue weighted by Gasteiger charge is 2.15. The van der Waals surface area contributed by atoms with Crippen LogP contribution in [-0.2, 0) is 16.6 Å². The summed E-state index contributed by atoms with van der Waals surface area (Å²) in [5.41, 5.74) is 1.40. The lowest BCUT2D eigenvalue weighted by Crippen LogP contribution is -2.26. The topological polar surface area (TPSA) is 66.4 Å². The molecule has 0 radical (unpaired) electrons. The van der Waals surface area contributed by atoms with Crippen molar-refractivity contribution in [2.45, 2.75) is 32.4 Å². The first-order valence-electron chi connectivity index (χ1n) is 7.12. The maximum atomic E-state index is 12.0. The van der Waals surface area contributed by atoms with E-state index in [-0.39, 0.29) is 17.9 Å². The maximum Gasteiger partial charge on any atom is 0.251 e. The standard InChI is InChI=1S/C16H25NO3S/c1-16(2,12-18)8-5-9-17-15(19)14-7-4-6-13(10-14)11-21(3)20/h4,6-7,10,18H,5,8-9,11-12H2,1-3H3,(H,17,19). The van der Waals surface area contributed by atoms with E-state index in [0.29, 0.717) is 17.9 Å². The molecule has 0 aliphatic heterocycles. The molecule has 0 fully saturated rings. The normalized spacial score (nSPS) is 13.0. The quantitative estimate of drug-likeness (QED) is 0.723. The molecule has 0 heterocycles. The van der Waals surface area contributed by atoms with Gasteiger partial charge in [0.2, 0.25) is 0 Å². The minimum atomic E-state index is -0.911. The minimum absolute atomic E-state index is 0.101. The van der Waals surface area contributed by atoms with Crippen LogP contribution in [-0.4, -0.2) is 34.6 Å². The largest absolute Gasteiger partial charge is 0.396 e. The molecule has 0 aliphatic rings. The molecule has 0 saturated carbocycles. The maximum absolute atomic E-state index is 12.0. The monoisotopic (exact) mass is 311 g/mol. The Labute approximate surface area is 129 Å². The first kappa shape index (κ1) is 17.9. The summed E-state index contributed by atoms with van der Waals surface area (Å²) in [5.74, 6) is 0.353. The Kier molecular flexibility index (Phi) is 7.05. The van der Waals surface area contributed by atoms with Gasteiger partial charge in [0.05, 0.1) is 0 Å². The van der Waals surface area contributed by atoms with Crippen molar-refractivity contribution in [1.82, 2.24) is 5.32 Å². The Balaban J connectivity index is 2.47. The van der Waals surface area contributed by atoms with Crippen LogP contribution in [0, 0.1) is 5.41 Å². The molecule has 4 nitrogen and oxygen atoms in total. The van der Waals surface area contributed by atoms with Gasteiger partial charge in [-0.05, 0) is 36.0 Å². The molecule has 0 aliphatic carbocycles. The number of aliphatic hydroxyl groups is 1. The fourth-order valence-corrected chi connectivity index (χ4v) is 2.64. The molecule has 2 N–H and O–H groups in total. The number of aliphatic hydroxyl groups excluding tert-OH is 1. The molecular weight excluding hydrogens is 286 g/mol. The van der Waals surface area contributed by atoms with E-state index in [9.17, 15) is 14.1 Å². The van der Waals surface area contributed by atoms with Gasteiger partial charge in [0, 0.05) is 41.5 Å². The first-order valence-corrected chi connectivity index (χ1v) is 8.85. The molecule has 1 amide bonds. The fourth-order valence-electron chi connectivity index (χ4n) is 1.99. The molecule has 0 saturated heterocycles. The number of hydrogen-bond donors (Lipinski definition) is 2. The molecule has 1 rings (SSSR count). The predicted octanol–water partition coefficient (Wildman–Crippen LogP) is 2.09. The smallest absolute Gasteiger partial charge is 0.251 e. The summed E-state index contributed by atoms with van der Waals surface area (Å²) in [6.07, 6.45) is 3.34. The Morgan fingerprint density at radius 3 is 2.71 bits per heavy atom. The zero-order chi connectivity index (χ0) is 15.9. The molecule has 118 valence electrons. The van der Waals surface area contributed by atoms with Crippen LogP contribution in [0.5, 0.6) is 0 Å². The van der Waals surface area contributed by atoms with E-state index in [1.54, 1.807) is 18.4 Å². The second kappa shape index (κ2) is 8.29. The number of amides is 1. The van der Waals surface area contributed by atoms with Gasteiger partial charge in [0.25, 0.3) is 5.91 Å². The average molecular weight is 311 g/mol. The molecule has 0 bridgehead atoms. The number of rotatable bonds is 8. The van der Waals surface area contributed by atoms with E-state index in [1.807, 2.05) is 26.0 Å². The molecule has 0 aromatic heterocycles. The van der Waals surface area contributed by atoms with Crippen LogP contribution in [0.2, 0.25) is 0 Å². The molecule has 1 aromatic rings. The number of carbonyl (C=O) groups is 1. The molecule has 5 heteroatoms. The Morgan fingerprint density at radius 1 is 1.38 bits per heavy atom. The molecule has 1 atom stereocenters. The lowest BCUT2D eigenvalue weighted by Gasteiger charge is -2.21. The summed E-state index contributed by atoms with van der Waals surface area (Å²) in [7, 11) is -0.911. The van der Waals surface area contributed by atoms with Crippen molar-refractivity contribution in [2.75, 3.05) is 19.4 Å². The van der Waals surface area contributed by atoms with E-state index in [2.05, 4.69) is 5.32 Å². The zero-order valence-corrected chi connectivity index (χ0v) is 13.8. The molecule has 1 unspecified atom stereocenters. The number of hydrogen-bond acceptors (Lipinski definition) is 3. The number of benzene rings is 1. The average Bonchev–Trinajstić information content (AvgIpc) is 2.43. The second-order valence-corrected chi connectivity index (χ2v) is 7.53. The highest BCUT2D eigenvalue weighted by Crippen LogP contribution is 2.20. The Morgan fingerprint density at radius 2 is 2.10 bits per heavy atom. The van der Waals surface area contributed by atoms with Crippen LogP contribution in [0.1, 0.15) is 42.6 Å². The lowest BCUT2D eigenvalue weighted by atomic mass is 9.89. The van der Waals surface area contributed by atoms with Crippen molar-refractivity contribution in [3.05, 3.63) is 35.4 Å². The minimum Gasteiger partial charge on any atom is -0.396 e. The third-order valence-corrected chi connectivity index (χ3v) is 4.04. The zero-order valence-electron chi connectivity index (χ0n) is 13.0. The van der Waals surface area contributed by atoms with Gasteiger partial charge in [-0.15, -0.1) is 0 Å². The summed E-state index contributed by atoms with van der Waals surface area (Å²) in [4.78, 5) is 12.0. The van der Waals surface area contributed by atoms with Gasteiger partial charge in [-0.1, -0.05) is 26.0 Å². The van der Waals surface area contributed by atoms with Crippen molar-refractivity contribution in [3.63, 3.8) is 0 Å². The summed E-state index contributed by atoms with van der Waals surface area (Å²) in [6.45, 7) is 4.75. The van der Waals surface area contributed by atoms with Crippen LogP contribution in [0.3, 0.4) is 0 Å². The summed E-state index contributed by atoms with van der Waals surface area (Å²) < 4.78 is 11.2. The molecule has 1 aromatic carbocycles. The van der Waals surface area contributed by atoms with E-state index in [0.717, 1.165) is 18.4 Å². The molecule has 21 heavy (non-hydrogen) atoms. The van der Waals surface area contributed by atoms with Crippen LogP contribution in [0.4, 0.5) is 0 Å². The highest BCUT2D eigenvalue weighted by molar-refractivity contribution is 7.83. The van der Waals surface area contributed by atoms with Gasteiger partial charge in [0.15, 0.2) is 0 Å². The van der Waals surface area contributed by atoms with E-state index in [4.69, 9.17) is 0 Å². The number of nitrogens with one attached hydrogen (secondary N) is 1. The lowest BCUT2D eigenvalue weighted by molar-refractivity contribution is 0.0948. The molecule has 0 spiro atoms. The van der Waals surface area contributed by atoms with Crippen LogP contribution < -0.4 is 5.32 Å². The predicted molar refractivity (Wildman–Crippen MR) is 86.6 cm³/mol.